The van der Waals surface area contributed by atoms with Crippen molar-refractivity contribution in [1.29, 1.82) is 0 Å². The zero-order valence-electron chi connectivity index (χ0n) is 11.4. The molecule has 0 saturated carbocycles. The van der Waals surface area contributed by atoms with Crippen LogP contribution in [0.4, 0.5) is 0 Å². The molecular formula is C15H18N2O2. The van der Waals surface area contributed by atoms with Gasteiger partial charge in [-0.05, 0) is 16.5 Å². The third-order valence-corrected chi connectivity index (χ3v) is 3.01. The van der Waals surface area contributed by atoms with Crippen LogP contribution in [0.15, 0.2) is 30.5 Å². The maximum Gasteiger partial charge on any atom is 0.311 e. The van der Waals surface area contributed by atoms with E-state index in [0.29, 0.717) is 5.82 Å². The first-order valence-electron chi connectivity index (χ1n) is 6.23. The van der Waals surface area contributed by atoms with Gasteiger partial charge in [-0.3, -0.25) is 4.79 Å². The SMILES string of the molecule is CC(C)(C)c1ccc(-c2cnc(CC(=O)O)[nH]2)cc1. The minimum absolute atomic E-state index is 0.0833. The Morgan fingerprint density at radius 1 is 1.26 bits per heavy atom. The lowest BCUT2D eigenvalue weighted by Gasteiger charge is -2.18. The van der Waals surface area contributed by atoms with Crippen molar-refractivity contribution in [1.82, 2.24) is 9.97 Å². The van der Waals surface area contributed by atoms with Crippen LogP contribution in [-0.4, -0.2) is 21.0 Å². The van der Waals surface area contributed by atoms with Gasteiger partial charge in [-0.2, -0.15) is 0 Å². The van der Waals surface area contributed by atoms with E-state index in [9.17, 15) is 4.79 Å². The first-order chi connectivity index (χ1) is 8.86. The molecular weight excluding hydrogens is 240 g/mol. The number of carbonyl (C=O) groups is 1. The molecule has 4 heteroatoms. The molecule has 2 N–H and O–H groups in total. The van der Waals surface area contributed by atoms with E-state index in [2.05, 4.69) is 42.9 Å². The first kappa shape index (κ1) is 13.3. The van der Waals surface area contributed by atoms with Gasteiger partial charge >= 0.3 is 5.97 Å². The standard InChI is InChI=1S/C15H18N2O2/c1-15(2,3)11-6-4-10(5-7-11)12-9-16-13(17-12)8-14(18)19/h4-7,9H,8H2,1-3H3,(H,16,17)(H,18,19). The Bertz CT molecular complexity index is 577. The molecule has 0 amide bonds. The maximum atomic E-state index is 10.6. The Balaban J connectivity index is 2.23. The van der Waals surface area contributed by atoms with Gasteiger partial charge in [0.1, 0.15) is 12.2 Å². The summed E-state index contributed by atoms with van der Waals surface area (Å²) >= 11 is 0. The zero-order valence-corrected chi connectivity index (χ0v) is 11.4. The number of nitrogens with zero attached hydrogens (tertiary/aromatic N) is 1. The number of hydrogen-bond acceptors (Lipinski definition) is 2. The number of aliphatic carboxylic acids is 1. The molecule has 2 rings (SSSR count). The van der Waals surface area contributed by atoms with Gasteiger partial charge in [0.05, 0.1) is 11.9 Å². The largest absolute Gasteiger partial charge is 0.481 e. The van der Waals surface area contributed by atoms with E-state index in [1.54, 1.807) is 6.20 Å². The van der Waals surface area contributed by atoms with E-state index in [0.717, 1.165) is 11.3 Å². The summed E-state index contributed by atoms with van der Waals surface area (Å²) in [5.41, 5.74) is 3.25. The third-order valence-electron chi connectivity index (χ3n) is 3.01. The summed E-state index contributed by atoms with van der Waals surface area (Å²) in [6.45, 7) is 6.51. The van der Waals surface area contributed by atoms with E-state index in [4.69, 9.17) is 5.11 Å². The van der Waals surface area contributed by atoms with E-state index in [1.807, 2.05) is 12.1 Å². The summed E-state index contributed by atoms with van der Waals surface area (Å²) < 4.78 is 0. The molecule has 19 heavy (non-hydrogen) atoms. The molecule has 4 nitrogen and oxygen atoms in total. The fourth-order valence-electron chi connectivity index (χ4n) is 1.89. The highest BCUT2D eigenvalue weighted by atomic mass is 16.4. The van der Waals surface area contributed by atoms with Gasteiger partial charge in [-0.1, -0.05) is 45.0 Å². The summed E-state index contributed by atoms with van der Waals surface area (Å²) in [5.74, 6) is -0.411. The lowest BCUT2D eigenvalue weighted by Crippen LogP contribution is -2.10. The van der Waals surface area contributed by atoms with Gasteiger partial charge in [-0.15, -0.1) is 0 Å². The van der Waals surface area contributed by atoms with E-state index in [1.165, 1.54) is 5.56 Å². The van der Waals surface area contributed by atoms with Gasteiger partial charge in [0.25, 0.3) is 0 Å². The average molecular weight is 258 g/mol. The topological polar surface area (TPSA) is 66.0 Å². The zero-order chi connectivity index (χ0) is 14.0. The molecule has 0 aliphatic heterocycles. The van der Waals surface area contributed by atoms with Crippen LogP contribution in [0.3, 0.4) is 0 Å². The Hall–Kier alpha value is -2.10. The van der Waals surface area contributed by atoms with Crippen molar-refractivity contribution in [3.05, 3.63) is 41.9 Å². The molecule has 0 saturated heterocycles. The van der Waals surface area contributed by atoms with E-state index < -0.39 is 5.97 Å². The summed E-state index contributed by atoms with van der Waals surface area (Å²) in [4.78, 5) is 17.7. The highest BCUT2D eigenvalue weighted by Crippen LogP contribution is 2.25. The lowest BCUT2D eigenvalue weighted by atomic mass is 9.86. The van der Waals surface area contributed by atoms with Crippen molar-refractivity contribution in [2.75, 3.05) is 0 Å². The second-order valence-electron chi connectivity index (χ2n) is 5.64. The molecule has 0 aliphatic carbocycles. The third kappa shape index (κ3) is 3.22. The minimum atomic E-state index is -0.885. The number of hydrogen-bond donors (Lipinski definition) is 2. The summed E-state index contributed by atoms with van der Waals surface area (Å²) in [6.07, 6.45) is 1.59. The van der Waals surface area contributed by atoms with Crippen molar-refractivity contribution in [2.45, 2.75) is 32.6 Å². The first-order valence-corrected chi connectivity index (χ1v) is 6.23. The molecule has 0 radical (unpaired) electrons. The van der Waals surface area contributed by atoms with Gasteiger partial charge in [0.2, 0.25) is 0 Å². The van der Waals surface area contributed by atoms with Crippen LogP contribution < -0.4 is 0 Å². The molecule has 0 spiro atoms. The van der Waals surface area contributed by atoms with Crippen LogP contribution in [0.2, 0.25) is 0 Å². The second kappa shape index (κ2) is 4.88. The number of aromatic amines is 1. The van der Waals surface area contributed by atoms with Gasteiger partial charge in [0, 0.05) is 0 Å². The molecule has 1 aromatic carbocycles. The predicted molar refractivity (Wildman–Crippen MR) is 74.1 cm³/mol. The molecule has 1 heterocycles. The number of carboxylic acid groups (broad SMARTS) is 1. The van der Waals surface area contributed by atoms with Crippen LogP contribution >= 0.6 is 0 Å². The van der Waals surface area contributed by atoms with Gasteiger partial charge < -0.3 is 10.1 Å². The maximum absolute atomic E-state index is 10.6. The Labute approximate surface area is 112 Å². The molecule has 0 atom stereocenters. The van der Waals surface area contributed by atoms with Crippen molar-refractivity contribution < 1.29 is 9.90 Å². The lowest BCUT2D eigenvalue weighted by molar-refractivity contribution is -0.136. The number of carboxylic acids is 1. The van der Waals surface area contributed by atoms with Gasteiger partial charge in [-0.25, -0.2) is 4.98 Å². The average Bonchev–Trinajstić information content (AvgIpc) is 2.75. The normalized spacial score (nSPS) is 11.5. The summed E-state index contributed by atoms with van der Waals surface area (Å²) in [5, 5.41) is 8.71. The fourth-order valence-corrected chi connectivity index (χ4v) is 1.89. The monoisotopic (exact) mass is 258 g/mol. The van der Waals surface area contributed by atoms with Gasteiger partial charge in [0.15, 0.2) is 0 Å². The highest BCUT2D eigenvalue weighted by Gasteiger charge is 2.13. The van der Waals surface area contributed by atoms with Crippen molar-refractivity contribution in [3.63, 3.8) is 0 Å². The van der Waals surface area contributed by atoms with E-state index >= 15 is 0 Å². The number of rotatable bonds is 3. The molecule has 0 bridgehead atoms. The van der Waals surface area contributed by atoms with Crippen LogP contribution in [-0.2, 0) is 16.6 Å². The summed E-state index contributed by atoms with van der Waals surface area (Å²) in [6, 6.07) is 8.23. The predicted octanol–water partition coefficient (Wildman–Crippen LogP) is 3.00. The minimum Gasteiger partial charge on any atom is -0.481 e. The highest BCUT2D eigenvalue weighted by molar-refractivity contribution is 5.69. The molecule has 0 aliphatic rings. The fraction of sp³-hybridized carbons (Fsp3) is 0.333. The van der Waals surface area contributed by atoms with Crippen LogP contribution in [0.5, 0.6) is 0 Å². The number of aromatic nitrogens is 2. The van der Waals surface area contributed by atoms with Crippen LogP contribution in [0.1, 0.15) is 32.2 Å². The molecule has 1 aromatic heterocycles. The Morgan fingerprint density at radius 3 is 2.42 bits per heavy atom. The number of benzene rings is 1. The van der Waals surface area contributed by atoms with Crippen LogP contribution in [0.25, 0.3) is 11.3 Å². The number of nitrogens with one attached hydrogen (secondary N) is 1. The van der Waals surface area contributed by atoms with Crippen molar-refractivity contribution in [3.8, 4) is 11.3 Å². The summed E-state index contributed by atoms with van der Waals surface area (Å²) in [7, 11) is 0. The van der Waals surface area contributed by atoms with E-state index in [-0.39, 0.29) is 11.8 Å². The number of imidazole rings is 1. The second-order valence-corrected chi connectivity index (χ2v) is 5.64. The molecule has 0 unspecified atom stereocenters. The quantitative estimate of drug-likeness (QED) is 0.889. The smallest absolute Gasteiger partial charge is 0.311 e. The van der Waals surface area contributed by atoms with Crippen molar-refractivity contribution >= 4 is 5.97 Å². The Kier molecular flexibility index (Phi) is 3.42. The molecule has 0 fully saturated rings. The number of H-pyrrole nitrogens is 1. The van der Waals surface area contributed by atoms with Crippen LogP contribution in [0, 0.1) is 0 Å². The molecule has 2 aromatic rings. The van der Waals surface area contributed by atoms with Crippen molar-refractivity contribution in [2.24, 2.45) is 0 Å². The molecule has 100 valence electrons. The Morgan fingerprint density at radius 2 is 1.89 bits per heavy atom.